The number of aromatic hydroxyl groups is 1. The quantitative estimate of drug-likeness (QED) is 0.394. The Morgan fingerprint density at radius 2 is 1.83 bits per heavy atom. The predicted octanol–water partition coefficient (Wildman–Crippen LogP) is 5.84. The van der Waals surface area contributed by atoms with Crippen molar-refractivity contribution in [3.05, 3.63) is 94.0 Å². The number of carbonyl (C=O) groups excluding carboxylic acids is 1. The molecule has 0 bridgehead atoms. The average Bonchev–Trinajstić information content (AvgIpc) is 2.73. The van der Waals surface area contributed by atoms with Crippen LogP contribution in [0.1, 0.15) is 27.0 Å². The number of halogens is 1. The van der Waals surface area contributed by atoms with E-state index in [1.807, 2.05) is 37.3 Å². The summed E-state index contributed by atoms with van der Waals surface area (Å²) in [7, 11) is 1.61. The highest BCUT2D eigenvalue weighted by Crippen LogP contribution is 2.25. The van der Waals surface area contributed by atoms with Crippen molar-refractivity contribution in [1.29, 1.82) is 0 Å². The van der Waals surface area contributed by atoms with Crippen molar-refractivity contribution in [2.24, 2.45) is 0 Å². The number of rotatable bonds is 7. The maximum absolute atomic E-state index is 12.3. The van der Waals surface area contributed by atoms with E-state index in [-0.39, 0.29) is 11.5 Å². The van der Waals surface area contributed by atoms with Crippen LogP contribution in [-0.4, -0.2) is 18.0 Å². The lowest BCUT2D eigenvalue weighted by Gasteiger charge is -2.12. The number of allylic oxidation sites excluding steroid dienone is 1. The third-order valence-corrected chi connectivity index (χ3v) is 4.83. The molecule has 0 saturated heterocycles. The third kappa shape index (κ3) is 5.39. The molecule has 3 aromatic rings. The van der Waals surface area contributed by atoms with Gasteiger partial charge in [0.15, 0.2) is 5.78 Å². The molecule has 0 aliphatic carbocycles. The third-order valence-electron chi connectivity index (χ3n) is 4.41. The van der Waals surface area contributed by atoms with E-state index in [9.17, 15) is 9.90 Å². The van der Waals surface area contributed by atoms with Gasteiger partial charge in [-0.1, -0.05) is 23.7 Å². The van der Waals surface area contributed by atoms with Crippen LogP contribution in [0.25, 0.3) is 6.08 Å². The minimum Gasteiger partial charge on any atom is -0.508 e. The van der Waals surface area contributed by atoms with Crippen LogP contribution >= 0.6 is 11.6 Å². The molecule has 0 heterocycles. The monoisotopic (exact) mass is 408 g/mol. The first-order valence-corrected chi connectivity index (χ1v) is 9.41. The van der Waals surface area contributed by atoms with Crippen LogP contribution in [0, 0.1) is 6.92 Å². The number of benzene rings is 3. The summed E-state index contributed by atoms with van der Waals surface area (Å²) in [4.78, 5) is 12.3. The van der Waals surface area contributed by atoms with Crippen LogP contribution in [-0.2, 0) is 6.61 Å². The van der Waals surface area contributed by atoms with E-state index in [0.717, 1.165) is 22.4 Å². The first-order valence-electron chi connectivity index (χ1n) is 9.03. The van der Waals surface area contributed by atoms with Crippen molar-refractivity contribution in [2.75, 3.05) is 7.11 Å². The minimum atomic E-state index is -0.143. The number of methoxy groups -OCH3 is 1. The highest BCUT2D eigenvalue weighted by molar-refractivity contribution is 6.31. The number of phenols is 1. The summed E-state index contributed by atoms with van der Waals surface area (Å²) in [5.41, 5.74) is 3.16. The number of hydrogen-bond acceptors (Lipinski definition) is 4. The molecule has 0 atom stereocenters. The van der Waals surface area contributed by atoms with Crippen molar-refractivity contribution in [3.8, 4) is 17.2 Å². The summed E-state index contributed by atoms with van der Waals surface area (Å²) >= 11 is 6.06. The zero-order valence-electron chi connectivity index (χ0n) is 16.2. The van der Waals surface area contributed by atoms with Crippen LogP contribution in [0.5, 0.6) is 17.2 Å². The molecule has 4 nitrogen and oxygen atoms in total. The summed E-state index contributed by atoms with van der Waals surface area (Å²) < 4.78 is 11.3. The van der Waals surface area contributed by atoms with Crippen molar-refractivity contribution in [2.45, 2.75) is 13.5 Å². The lowest BCUT2D eigenvalue weighted by atomic mass is 10.1. The minimum absolute atomic E-state index is 0.126. The maximum atomic E-state index is 12.3. The second kappa shape index (κ2) is 9.30. The van der Waals surface area contributed by atoms with Gasteiger partial charge in [0, 0.05) is 16.1 Å². The second-order valence-corrected chi connectivity index (χ2v) is 6.92. The predicted molar refractivity (Wildman–Crippen MR) is 115 cm³/mol. The number of phenolic OH excluding ortho intramolecular Hbond substituents is 1. The number of ketones is 1. The molecule has 29 heavy (non-hydrogen) atoms. The maximum Gasteiger partial charge on any atom is 0.185 e. The van der Waals surface area contributed by atoms with Gasteiger partial charge in [-0.2, -0.15) is 0 Å². The first kappa shape index (κ1) is 20.5. The summed E-state index contributed by atoms with van der Waals surface area (Å²) in [5.74, 6) is 1.41. The summed E-state index contributed by atoms with van der Waals surface area (Å²) in [6.07, 6.45) is 3.24. The standard InChI is InChI=1S/C24H21ClO4/c1-16-13-21(9-10-22(16)25)29-15-19-14-17(4-12-24(19)28-2)3-11-23(27)18-5-7-20(26)8-6-18/h3-14,26H,15H2,1-2H3/b11-3+. The average molecular weight is 409 g/mol. The van der Waals surface area contributed by atoms with Gasteiger partial charge in [-0.15, -0.1) is 0 Å². The van der Waals surface area contributed by atoms with Crippen molar-refractivity contribution >= 4 is 23.5 Å². The van der Waals surface area contributed by atoms with Crippen LogP contribution in [0.4, 0.5) is 0 Å². The van der Waals surface area contributed by atoms with E-state index in [4.69, 9.17) is 21.1 Å². The van der Waals surface area contributed by atoms with Gasteiger partial charge in [0.1, 0.15) is 23.9 Å². The largest absolute Gasteiger partial charge is 0.508 e. The molecular weight excluding hydrogens is 388 g/mol. The van der Waals surface area contributed by atoms with Crippen LogP contribution < -0.4 is 9.47 Å². The molecule has 0 unspecified atom stereocenters. The second-order valence-electron chi connectivity index (χ2n) is 6.52. The lowest BCUT2D eigenvalue weighted by Crippen LogP contribution is -2.00. The zero-order chi connectivity index (χ0) is 20.8. The van der Waals surface area contributed by atoms with Crippen LogP contribution in [0.3, 0.4) is 0 Å². The molecule has 0 amide bonds. The topological polar surface area (TPSA) is 55.8 Å². The number of ether oxygens (including phenoxy) is 2. The molecule has 0 aliphatic heterocycles. The van der Waals surface area contributed by atoms with Crippen molar-refractivity contribution < 1.29 is 19.4 Å². The van der Waals surface area contributed by atoms with E-state index in [1.165, 1.54) is 18.2 Å². The van der Waals surface area contributed by atoms with Gasteiger partial charge in [-0.05, 0) is 78.7 Å². The van der Waals surface area contributed by atoms with Gasteiger partial charge in [0.25, 0.3) is 0 Å². The molecule has 0 saturated carbocycles. The molecule has 5 heteroatoms. The molecule has 3 aromatic carbocycles. The Labute approximate surface area is 175 Å². The fourth-order valence-corrected chi connectivity index (χ4v) is 2.89. The molecule has 0 fully saturated rings. The fraction of sp³-hybridized carbons (Fsp3) is 0.125. The Kier molecular flexibility index (Phi) is 6.57. The summed E-state index contributed by atoms with van der Waals surface area (Å²) in [6.45, 7) is 2.24. The zero-order valence-corrected chi connectivity index (χ0v) is 16.9. The van der Waals surface area contributed by atoms with Gasteiger partial charge in [0.05, 0.1) is 7.11 Å². The molecule has 0 aromatic heterocycles. The van der Waals surface area contributed by atoms with Crippen LogP contribution in [0.2, 0.25) is 5.02 Å². The molecule has 0 aliphatic rings. The molecule has 148 valence electrons. The van der Waals surface area contributed by atoms with Gasteiger partial charge in [-0.3, -0.25) is 4.79 Å². The Morgan fingerprint density at radius 3 is 2.52 bits per heavy atom. The van der Waals surface area contributed by atoms with Gasteiger partial charge < -0.3 is 14.6 Å². The van der Waals surface area contributed by atoms with E-state index < -0.39 is 0 Å². The van der Waals surface area contributed by atoms with Gasteiger partial charge >= 0.3 is 0 Å². The van der Waals surface area contributed by atoms with Crippen molar-refractivity contribution in [1.82, 2.24) is 0 Å². The highest BCUT2D eigenvalue weighted by atomic mass is 35.5. The van der Waals surface area contributed by atoms with Gasteiger partial charge in [0.2, 0.25) is 0 Å². The molecule has 0 radical (unpaired) electrons. The highest BCUT2D eigenvalue weighted by Gasteiger charge is 2.07. The van der Waals surface area contributed by atoms with Crippen molar-refractivity contribution in [3.63, 3.8) is 0 Å². The molecule has 3 rings (SSSR count). The van der Waals surface area contributed by atoms with Gasteiger partial charge in [-0.25, -0.2) is 0 Å². The summed E-state index contributed by atoms with van der Waals surface area (Å²) in [6, 6.07) is 17.3. The van der Waals surface area contributed by atoms with Crippen LogP contribution in [0.15, 0.2) is 66.7 Å². The van der Waals surface area contributed by atoms with E-state index in [0.29, 0.717) is 22.9 Å². The normalized spacial score (nSPS) is 10.9. The Balaban J connectivity index is 1.74. The Hall–Kier alpha value is -3.24. The molecular formula is C24H21ClO4. The van der Waals surface area contributed by atoms with E-state index in [1.54, 1.807) is 31.4 Å². The lowest BCUT2D eigenvalue weighted by molar-refractivity contribution is 0.104. The number of hydrogen-bond donors (Lipinski definition) is 1. The number of aryl methyl sites for hydroxylation is 1. The fourth-order valence-electron chi connectivity index (χ4n) is 2.78. The smallest absolute Gasteiger partial charge is 0.185 e. The Morgan fingerprint density at radius 1 is 1.07 bits per heavy atom. The van der Waals surface area contributed by atoms with E-state index >= 15 is 0 Å². The summed E-state index contributed by atoms with van der Waals surface area (Å²) in [5, 5.41) is 10.0. The molecule has 1 N–H and O–H groups in total. The number of carbonyl (C=O) groups is 1. The van der Waals surface area contributed by atoms with E-state index in [2.05, 4.69) is 0 Å². The SMILES string of the molecule is COc1ccc(/C=C/C(=O)c2ccc(O)cc2)cc1COc1ccc(Cl)c(C)c1. The first-order chi connectivity index (χ1) is 14.0. The Bertz CT molecular complexity index is 1040. The molecule has 0 spiro atoms.